The van der Waals surface area contributed by atoms with Crippen LogP contribution in [-0.4, -0.2) is 24.4 Å². The molecule has 0 saturated carbocycles. The first kappa shape index (κ1) is 14.5. The molecule has 0 spiro atoms. The number of rotatable bonds is 3. The minimum atomic E-state index is -4.69. The van der Waals surface area contributed by atoms with Gasteiger partial charge in [-0.25, -0.2) is 0 Å². The van der Waals surface area contributed by atoms with Crippen molar-refractivity contribution in [2.75, 3.05) is 13.1 Å². The molecule has 0 aliphatic carbocycles. The van der Waals surface area contributed by atoms with Crippen LogP contribution in [0, 0.1) is 5.92 Å². The second-order valence-electron chi connectivity index (χ2n) is 4.97. The first-order chi connectivity index (χ1) is 8.82. The standard InChI is InChI=1S/C13H15ClF3NO/c1-9-2-3-18(7-9)8-10-4-11(14)6-12(5-10)19-13(15,16)17/h4-6,9H,2-3,7-8H2,1H3/t9-/m1/s1. The molecule has 1 atom stereocenters. The third-order valence-electron chi connectivity index (χ3n) is 3.08. The summed E-state index contributed by atoms with van der Waals surface area (Å²) in [5.41, 5.74) is 0.737. The number of likely N-dealkylation sites (tertiary alicyclic amines) is 1. The molecule has 0 bridgehead atoms. The van der Waals surface area contributed by atoms with E-state index in [1.165, 1.54) is 12.1 Å². The van der Waals surface area contributed by atoms with Gasteiger partial charge in [0.15, 0.2) is 0 Å². The number of benzene rings is 1. The fourth-order valence-electron chi connectivity index (χ4n) is 2.33. The van der Waals surface area contributed by atoms with Crippen molar-refractivity contribution in [1.82, 2.24) is 4.90 Å². The summed E-state index contributed by atoms with van der Waals surface area (Å²) in [7, 11) is 0. The summed E-state index contributed by atoms with van der Waals surface area (Å²) in [6.45, 7) is 4.68. The van der Waals surface area contributed by atoms with Gasteiger partial charge in [0.2, 0.25) is 0 Å². The molecule has 0 amide bonds. The van der Waals surface area contributed by atoms with Gasteiger partial charge in [-0.1, -0.05) is 18.5 Å². The van der Waals surface area contributed by atoms with Gasteiger partial charge >= 0.3 is 6.36 Å². The number of ether oxygens (including phenoxy) is 1. The molecule has 1 aromatic rings. The van der Waals surface area contributed by atoms with Crippen molar-refractivity contribution in [2.24, 2.45) is 5.92 Å². The SMILES string of the molecule is C[C@@H]1CCN(Cc2cc(Cl)cc(OC(F)(F)F)c2)C1. The van der Waals surface area contributed by atoms with Crippen LogP contribution in [0.1, 0.15) is 18.9 Å². The lowest BCUT2D eigenvalue weighted by Crippen LogP contribution is -2.20. The molecular formula is C13H15ClF3NO. The van der Waals surface area contributed by atoms with Crippen LogP contribution in [-0.2, 0) is 6.54 Å². The van der Waals surface area contributed by atoms with E-state index in [1.807, 2.05) is 0 Å². The Morgan fingerprint density at radius 1 is 1.37 bits per heavy atom. The molecule has 1 fully saturated rings. The van der Waals surface area contributed by atoms with Crippen LogP contribution in [0.2, 0.25) is 5.02 Å². The Bertz CT molecular complexity index is 450. The lowest BCUT2D eigenvalue weighted by molar-refractivity contribution is -0.274. The molecule has 2 nitrogen and oxygen atoms in total. The van der Waals surface area contributed by atoms with E-state index in [1.54, 1.807) is 6.07 Å². The molecule has 1 aliphatic rings. The molecule has 1 heterocycles. The van der Waals surface area contributed by atoms with E-state index in [0.29, 0.717) is 12.5 Å². The molecule has 1 aromatic carbocycles. The van der Waals surface area contributed by atoms with Gasteiger partial charge in [0.25, 0.3) is 0 Å². The maximum Gasteiger partial charge on any atom is 0.573 e. The van der Waals surface area contributed by atoms with Crippen LogP contribution >= 0.6 is 11.6 Å². The van der Waals surface area contributed by atoms with Crippen molar-refractivity contribution in [3.8, 4) is 5.75 Å². The number of hydrogen-bond donors (Lipinski definition) is 0. The minimum absolute atomic E-state index is 0.254. The Morgan fingerprint density at radius 3 is 2.68 bits per heavy atom. The van der Waals surface area contributed by atoms with Gasteiger partial charge in [-0.2, -0.15) is 0 Å². The van der Waals surface area contributed by atoms with Crippen LogP contribution in [0.5, 0.6) is 5.75 Å². The first-order valence-electron chi connectivity index (χ1n) is 6.09. The summed E-state index contributed by atoms with van der Waals surface area (Å²) in [5.74, 6) is 0.368. The number of nitrogens with zero attached hydrogens (tertiary/aromatic N) is 1. The van der Waals surface area contributed by atoms with Gasteiger partial charge < -0.3 is 4.74 Å². The van der Waals surface area contributed by atoms with Gasteiger partial charge in [-0.05, 0) is 42.6 Å². The molecule has 6 heteroatoms. The topological polar surface area (TPSA) is 12.5 Å². The first-order valence-corrected chi connectivity index (χ1v) is 6.47. The van der Waals surface area contributed by atoms with Gasteiger partial charge in [0.05, 0.1) is 0 Å². The smallest absolute Gasteiger partial charge is 0.406 e. The Balaban J connectivity index is 2.08. The molecule has 0 radical (unpaired) electrons. The molecule has 0 aromatic heterocycles. The van der Waals surface area contributed by atoms with Crippen molar-refractivity contribution in [2.45, 2.75) is 26.3 Å². The van der Waals surface area contributed by atoms with Crippen LogP contribution in [0.3, 0.4) is 0 Å². The van der Waals surface area contributed by atoms with Crippen LogP contribution in [0.4, 0.5) is 13.2 Å². The highest BCUT2D eigenvalue weighted by Crippen LogP contribution is 2.28. The maximum atomic E-state index is 12.2. The quantitative estimate of drug-likeness (QED) is 0.832. The normalized spacial score (nSPS) is 20.8. The van der Waals surface area contributed by atoms with Crippen LogP contribution in [0.15, 0.2) is 18.2 Å². The Hall–Kier alpha value is -0.940. The monoisotopic (exact) mass is 293 g/mol. The molecular weight excluding hydrogens is 279 g/mol. The highest BCUT2D eigenvalue weighted by molar-refractivity contribution is 6.30. The fourth-order valence-corrected chi connectivity index (χ4v) is 2.58. The van der Waals surface area contributed by atoms with Gasteiger partial charge in [-0.3, -0.25) is 4.90 Å². The predicted octanol–water partition coefficient (Wildman–Crippen LogP) is 4.08. The molecule has 1 saturated heterocycles. The zero-order chi connectivity index (χ0) is 14.0. The van der Waals surface area contributed by atoms with Crippen molar-refractivity contribution in [3.05, 3.63) is 28.8 Å². The van der Waals surface area contributed by atoms with E-state index >= 15 is 0 Å². The summed E-state index contributed by atoms with van der Waals surface area (Å²) in [6.07, 6.45) is -3.57. The molecule has 0 unspecified atom stereocenters. The number of halogens is 4. The second kappa shape index (κ2) is 5.59. The summed E-state index contributed by atoms with van der Waals surface area (Å²) < 4.78 is 40.5. The average Bonchev–Trinajstić information content (AvgIpc) is 2.60. The molecule has 2 rings (SSSR count). The summed E-state index contributed by atoms with van der Waals surface area (Å²) >= 11 is 5.83. The van der Waals surface area contributed by atoms with Crippen molar-refractivity contribution in [1.29, 1.82) is 0 Å². The maximum absolute atomic E-state index is 12.2. The third-order valence-corrected chi connectivity index (χ3v) is 3.30. The van der Waals surface area contributed by atoms with Gasteiger partial charge in [0, 0.05) is 18.1 Å². The number of hydrogen-bond acceptors (Lipinski definition) is 2. The van der Waals surface area contributed by atoms with Crippen LogP contribution in [0.25, 0.3) is 0 Å². The fraction of sp³-hybridized carbons (Fsp3) is 0.538. The third kappa shape index (κ3) is 4.58. The Kier molecular flexibility index (Phi) is 4.26. The van der Waals surface area contributed by atoms with Crippen molar-refractivity contribution >= 4 is 11.6 Å². The lowest BCUT2D eigenvalue weighted by Gasteiger charge is -2.16. The highest BCUT2D eigenvalue weighted by atomic mass is 35.5. The van der Waals surface area contributed by atoms with E-state index < -0.39 is 6.36 Å². The Morgan fingerprint density at radius 2 is 2.11 bits per heavy atom. The summed E-state index contributed by atoms with van der Waals surface area (Å²) in [5, 5.41) is 0.254. The highest BCUT2D eigenvalue weighted by Gasteiger charge is 2.31. The second-order valence-corrected chi connectivity index (χ2v) is 5.41. The van der Waals surface area contributed by atoms with E-state index in [-0.39, 0.29) is 10.8 Å². The van der Waals surface area contributed by atoms with Crippen LogP contribution < -0.4 is 4.74 Å². The minimum Gasteiger partial charge on any atom is -0.406 e. The van der Waals surface area contributed by atoms with Crippen molar-refractivity contribution in [3.63, 3.8) is 0 Å². The molecule has 106 valence electrons. The lowest BCUT2D eigenvalue weighted by atomic mass is 10.2. The Labute approximate surface area is 115 Å². The summed E-state index contributed by atoms with van der Waals surface area (Å²) in [4.78, 5) is 2.20. The van der Waals surface area contributed by atoms with E-state index in [2.05, 4.69) is 16.6 Å². The van der Waals surface area contributed by atoms with E-state index in [4.69, 9.17) is 11.6 Å². The average molecular weight is 294 g/mol. The predicted molar refractivity (Wildman–Crippen MR) is 67.2 cm³/mol. The zero-order valence-electron chi connectivity index (χ0n) is 10.5. The van der Waals surface area contributed by atoms with Gasteiger partial charge in [0.1, 0.15) is 5.75 Å². The molecule has 19 heavy (non-hydrogen) atoms. The molecule has 1 aliphatic heterocycles. The van der Waals surface area contributed by atoms with E-state index in [9.17, 15) is 13.2 Å². The van der Waals surface area contributed by atoms with E-state index in [0.717, 1.165) is 25.1 Å². The van der Waals surface area contributed by atoms with Gasteiger partial charge in [-0.15, -0.1) is 13.2 Å². The zero-order valence-corrected chi connectivity index (χ0v) is 11.3. The molecule has 0 N–H and O–H groups in total. The summed E-state index contributed by atoms with van der Waals surface area (Å²) in [6, 6.07) is 4.24. The largest absolute Gasteiger partial charge is 0.573 e. The van der Waals surface area contributed by atoms with Crippen molar-refractivity contribution < 1.29 is 17.9 Å². The number of alkyl halides is 3.